The molecule has 0 radical (unpaired) electrons. The van der Waals surface area contributed by atoms with Gasteiger partial charge in [-0.3, -0.25) is 14.2 Å². The number of benzene rings is 1. The molecule has 0 spiro atoms. The molecule has 3 aromatic heterocycles. The van der Waals surface area contributed by atoms with Crippen LogP contribution in [0.2, 0.25) is 0 Å². The molecular weight excluding hydrogens is 402 g/mol. The van der Waals surface area contributed by atoms with Crippen LogP contribution in [0.3, 0.4) is 0 Å². The first-order valence-corrected chi connectivity index (χ1v) is 10.4. The summed E-state index contributed by atoms with van der Waals surface area (Å²) in [7, 11) is 1.92. The van der Waals surface area contributed by atoms with Gasteiger partial charge in [-0.1, -0.05) is 18.2 Å². The lowest BCUT2D eigenvalue weighted by atomic mass is 10.1. The Morgan fingerprint density at radius 3 is 2.67 bits per heavy atom. The second-order valence-corrected chi connectivity index (χ2v) is 8.09. The van der Waals surface area contributed by atoms with Crippen LogP contribution in [0.1, 0.15) is 38.2 Å². The van der Waals surface area contributed by atoms with Crippen molar-refractivity contribution in [1.29, 1.82) is 0 Å². The third kappa shape index (κ3) is 3.04. The number of rotatable bonds is 5. The minimum atomic E-state index is -0.466. The molecule has 0 saturated carbocycles. The van der Waals surface area contributed by atoms with E-state index in [1.807, 2.05) is 42.8 Å². The van der Waals surface area contributed by atoms with Crippen molar-refractivity contribution in [1.82, 2.24) is 14.1 Å². The zero-order valence-corrected chi connectivity index (χ0v) is 18.0. The van der Waals surface area contributed by atoms with Crippen LogP contribution in [0.4, 0.5) is 0 Å². The minimum absolute atomic E-state index is 0.124. The van der Waals surface area contributed by atoms with Crippen LogP contribution in [0.5, 0.6) is 0 Å². The Bertz CT molecular complexity index is 1380. The maximum Gasteiger partial charge on any atom is 0.348 e. The number of hydrogen-bond donors (Lipinski definition) is 0. The lowest BCUT2D eigenvalue weighted by Crippen LogP contribution is -2.25. The molecular formula is C22H21N3O4S. The number of carbonyl (C=O) groups excluding carboxylic acids is 2. The fraction of sp³-hybridized carbons (Fsp3) is 0.273. The van der Waals surface area contributed by atoms with Gasteiger partial charge in [0.05, 0.1) is 24.9 Å². The second kappa shape index (κ2) is 7.53. The van der Waals surface area contributed by atoms with E-state index < -0.39 is 5.97 Å². The van der Waals surface area contributed by atoms with Crippen LogP contribution >= 0.6 is 11.3 Å². The van der Waals surface area contributed by atoms with Crippen molar-refractivity contribution >= 4 is 44.2 Å². The number of para-hydroxylation sites is 1. The number of aryl methyl sites for hydroxylation is 2. The molecule has 0 aliphatic carbocycles. The van der Waals surface area contributed by atoms with Gasteiger partial charge in [0.25, 0.3) is 5.56 Å². The zero-order chi connectivity index (χ0) is 21.6. The van der Waals surface area contributed by atoms with Gasteiger partial charge in [-0.05, 0) is 32.4 Å². The largest absolute Gasteiger partial charge is 0.462 e. The summed E-state index contributed by atoms with van der Waals surface area (Å²) in [6.45, 7) is 5.46. The third-order valence-electron chi connectivity index (χ3n) is 5.37. The normalized spacial score (nSPS) is 11.3. The van der Waals surface area contributed by atoms with E-state index >= 15 is 0 Å². The van der Waals surface area contributed by atoms with Gasteiger partial charge >= 0.3 is 5.97 Å². The van der Waals surface area contributed by atoms with Crippen LogP contribution in [-0.4, -0.2) is 32.5 Å². The number of nitrogens with zero attached hydrogens (tertiary/aromatic N) is 3. The Labute approximate surface area is 176 Å². The highest BCUT2D eigenvalue weighted by atomic mass is 32.1. The molecule has 0 aliphatic heterocycles. The van der Waals surface area contributed by atoms with Gasteiger partial charge in [0, 0.05) is 29.2 Å². The summed E-state index contributed by atoms with van der Waals surface area (Å²) in [5, 5.41) is 1.22. The number of aromatic nitrogens is 3. The number of hydrogen-bond acceptors (Lipinski definition) is 6. The molecule has 0 aliphatic rings. The van der Waals surface area contributed by atoms with Crippen LogP contribution in [0, 0.1) is 13.8 Å². The number of thiophene rings is 1. The number of Topliss-reactive ketones (excluding diaryl/α,β-unsaturated/α-hetero) is 1. The average molecular weight is 423 g/mol. The smallest absolute Gasteiger partial charge is 0.348 e. The molecule has 154 valence electrons. The zero-order valence-electron chi connectivity index (χ0n) is 17.2. The lowest BCUT2D eigenvalue weighted by Gasteiger charge is -2.06. The average Bonchev–Trinajstić information content (AvgIpc) is 3.19. The monoisotopic (exact) mass is 423 g/mol. The van der Waals surface area contributed by atoms with Gasteiger partial charge in [-0.25, -0.2) is 9.78 Å². The first-order valence-electron chi connectivity index (χ1n) is 9.58. The highest BCUT2D eigenvalue weighted by Crippen LogP contribution is 2.28. The predicted molar refractivity (Wildman–Crippen MR) is 117 cm³/mol. The minimum Gasteiger partial charge on any atom is -0.462 e. The topological polar surface area (TPSA) is 83.2 Å². The van der Waals surface area contributed by atoms with Crippen molar-refractivity contribution in [3.63, 3.8) is 0 Å². The molecule has 0 amide bonds. The molecule has 0 bridgehead atoms. The summed E-state index contributed by atoms with van der Waals surface area (Å²) >= 11 is 1.13. The molecule has 7 nitrogen and oxygen atoms in total. The maximum atomic E-state index is 13.2. The SMILES string of the molecule is CCOC(=O)c1sc2ncn(CC(=O)c3c(C)n(C)c4ccccc34)c(=O)c2c1C. The van der Waals surface area contributed by atoms with E-state index in [-0.39, 0.29) is 24.5 Å². The van der Waals surface area contributed by atoms with Gasteiger partial charge in [-0.15, -0.1) is 11.3 Å². The predicted octanol–water partition coefficient (Wildman–Crippen LogP) is 3.63. The van der Waals surface area contributed by atoms with Gasteiger partial charge in [-0.2, -0.15) is 0 Å². The Kier molecular flexibility index (Phi) is 5.03. The van der Waals surface area contributed by atoms with Gasteiger partial charge in [0.1, 0.15) is 9.71 Å². The number of ether oxygens (including phenoxy) is 1. The molecule has 8 heteroatoms. The number of ketones is 1. The van der Waals surface area contributed by atoms with Gasteiger partial charge in [0.2, 0.25) is 0 Å². The molecule has 0 unspecified atom stereocenters. The Balaban J connectivity index is 1.77. The van der Waals surface area contributed by atoms with E-state index in [0.29, 0.717) is 26.2 Å². The molecule has 0 fully saturated rings. The van der Waals surface area contributed by atoms with E-state index in [1.54, 1.807) is 13.8 Å². The summed E-state index contributed by atoms with van der Waals surface area (Å²) in [5.74, 6) is -0.627. The number of esters is 1. The quantitative estimate of drug-likeness (QED) is 0.362. The molecule has 30 heavy (non-hydrogen) atoms. The van der Waals surface area contributed by atoms with Crippen molar-refractivity contribution in [2.75, 3.05) is 6.61 Å². The lowest BCUT2D eigenvalue weighted by molar-refractivity contribution is 0.0531. The number of fused-ring (bicyclic) bond motifs is 2. The van der Waals surface area contributed by atoms with Crippen LogP contribution < -0.4 is 5.56 Å². The van der Waals surface area contributed by atoms with Crippen LogP contribution in [0.25, 0.3) is 21.1 Å². The van der Waals surface area contributed by atoms with E-state index in [4.69, 9.17) is 4.74 Å². The van der Waals surface area contributed by atoms with Gasteiger partial charge < -0.3 is 9.30 Å². The highest BCUT2D eigenvalue weighted by Gasteiger charge is 2.22. The molecule has 0 N–H and O–H groups in total. The summed E-state index contributed by atoms with van der Waals surface area (Å²) in [6.07, 6.45) is 1.37. The molecule has 3 heterocycles. The molecule has 0 atom stereocenters. The van der Waals surface area contributed by atoms with E-state index in [1.165, 1.54) is 10.9 Å². The molecule has 1 aromatic carbocycles. The Morgan fingerprint density at radius 2 is 1.93 bits per heavy atom. The Morgan fingerprint density at radius 1 is 1.20 bits per heavy atom. The highest BCUT2D eigenvalue weighted by molar-refractivity contribution is 7.20. The first-order chi connectivity index (χ1) is 14.3. The summed E-state index contributed by atoms with van der Waals surface area (Å²) in [6, 6.07) is 7.70. The van der Waals surface area contributed by atoms with E-state index in [0.717, 1.165) is 27.9 Å². The Hall–Kier alpha value is -3.26. The van der Waals surface area contributed by atoms with Crippen LogP contribution in [-0.2, 0) is 18.3 Å². The van der Waals surface area contributed by atoms with Gasteiger partial charge in [0.15, 0.2) is 5.78 Å². The summed E-state index contributed by atoms with van der Waals surface area (Å²) < 4.78 is 8.35. The second-order valence-electron chi connectivity index (χ2n) is 7.09. The molecule has 0 saturated heterocycles. The first kappa shape index (κ1) is 20.0. The fourth-order valence-corrected chi connectivity index (χ4v) is 4.80. The van der Waals surface area contributed by atoms with Crippen molar-refractivity contribution in [3.05, 3.63) is 62.6 Å². The molecule has 4 aromatic rings. The standard InChI is InChI=1S/C22H21N3O4S/c1-5-29-22(28)19-12(2)17-20(30-19)23-11-25(21(17)27)10-16(26)18-13(3)24(4)15-9-7-6-8-14(15)18/h6-9,11H,5,10H2,1-4H3. The summed E-state index contributed by atoms with van der Waals surface area (Å²) in [4.78, 5) is 43.5. The van der Waals surface area contributed by atoms with Crippen molar-refractivity contribution in [2.45, 2.75) is 27.3 Å². The number of carbonyl (C=O) groups is 2. The van der Waals surface area contributed by atoms with Crippen LogP contribution in [0.15, 0.2) is 35.4 Å². The van der Waals surface area contributed by atoms with Crippen molar-refractivity contribution < 1.29 is 14.3 Å². The van der Waals surface area contributed by atoms with Crippen molar-refractivity contribution in [2.24, 2.45) is 7.05 Å². The van der Waals surface area contributed by atoms with Crippen molar-refractivity contribution in [3.8, 4) is 0 Å². The maximum absolute atomic E-state index is 13.2. The fourth-order valence-electron chi connectivity index (χ4n) is 3.77. The molecule has 4 rings (SSSR count). The third-order valence-corrected chi connectivity index (χ3v) is 6.55. The van der Waals surface area contributed by atoms with E-state index in [2.05, 4.69) is 4.98 Å². The summed E-state index contributed by atoms with van der Waals surface area (Å²) in [5.41, 5.74) is 2.62. The van der Waals surface area contributed by atoms with E-state index in [9.17, 15) is 14.4 Å².